The lowest BCUT2D eigenvalue weighted by Gasteiger charge is -2.32. The van der Waals surface area contributed by atoms with Crippen LogP contribution in [0.3, 0.4) is 0 Å². The van der Waals surface area contributed by atoms with E-state index in [2.05, 4.69) is 25.8 Å². The number of carboxylic acids is 1. The van der Waals surface area contributed by atoms with Crippen LogP contribution in [0.25, 0.3) is 0 Å². The number of aromatic nitrogens is 1. The van der Waals surface area contributed by atoms with E-state index in [1.165, 1.54) is 4.90 Å². The van der Waals surface area contributed by atoms with E-state index in [0.29, 0.717) is 6.61 Å². The minimum Gasteiger partial charge on any atom is -0.480 e. The molecule has 0 aromatic carbocycles. The third kappa shape index (κ3) is 3.39. The Bertz CT molecular complexity index is 534. The SMILES string of the molecule is CC(C)(C)c1ccc(C(=O)N2CCOCC2C(=O)O)nc1. The monoisotopic (exact) mass is 292 g/mol. The van der Waals surface area contributed by atoms with Crippen molar-refractivity contribution in [2.24, 2.45) is 0 Å². The summed E-state index contributed by atoms with van der Waals surface area (Å²) >= 11 is 0. The lowest BCUT2D eigenvalue weighted by atomic mass is 9.88. The summed E-state index contributed by atoms with van der Waals surface area (Å²) in [4.78, 5) is 29.1. The zero-order valence-electron chi connectivity index (χ0n) is 12.5. The van der Waals surface area contributed by atoms with Gasteiger partial charge < -0.3 is 14.7 Å². The van der Waals surface area contributed by atoms with Crippen molar-refractivity contribution in [3.63, 3.8) is 0 Å². The Morgan fingerprint density at radius 2 is 2.10 bits per heavy atom. The van der Waals surface area contributed by atoms with Gasteiger partial charge in [-0.25, -0.2) is 4.79 Å². The summed E-state index contributed by atoms with van der Waals surface area (Å²) in [6, 6.07) is 2.56. The zero-order chi connectivity index (χ0) is 15.6. The third-order valence-corrected chi connectivity index (χ3v) is 3.52. The smallest absolute Gasteiger partial charge is 0.328 e. The van der Waals surface area contributed by atoms with Crippen molar-refractivity contribution >= 4 is 11.9 Å². The Morgan fingerprint density at radius 1 is 1.38 bits per heavy atom. The first-order valence-electron chi connectivity index (χ1n) is 6.89. The summed E-state index contributed by atoms with van der Waals surface area (Å²) in [5.41, 5.74) is 1.24. The molecule has 1 N–H and O–H groups in total. The van der Waals surface area contributed by atoms with Gasteiger partial charge in [0.15, 0.2) is 6.04 Å². The van der Waals surface area contributed by atoms with Crippen LogP contribution in [0, 0.1) is 0 Å². The Balaban J connectivity index is 2.20. The van der Waals surface area contributed by atoms with Crippen molar-refractivity contribution in [1.29, 1.82) is 0 Å². The van der Waals surface area contributed by atoms with Gasteiger partial charge >= 0.3 is 5.97 Å². The third-order valence-electron chi connectivity index (χ3n) is 3.52. The molecule has 6 nitrogen and oxygen atoms in total. The number of carbonyl (C=O) groups is 2. The van der Waals surface area contributed by atoms with Gasteiger partial charge in [0.1, 0.15) is 5.69 Å². The van der Waals surface area contributed by atoms with Crippen LogP contribution < -0.4 is 0 Å². The molecule has 0 aliphatic carbocycles. The molecule has 21 heavy (non-hydrogen) atoms. The number of hydrogen-bond acceptors (Lipinski definition) is 4. The van der Waals surface area contributed by atoms with Crippen LogP contribution >= 0.6 is 0 Å². The largest absolute Gasteiger partial charge is 0.480 e. The highest BCUT2D eigenvalue weighted by atomic mass is 16.5. The Morgan fingerprint density at radius 3 is 2.62 bits per heavy atom. The molecule has 1 aliphatic rings. The van der Waals surface area contributed by atoms with Crippen LogP contribution in [-0.4, -0.2) is 52.7 Å². The van der Waals surface area contributed by atoms with E-state index in [0.717, 1.165) is 5.56 Å². The summed E-state index contributed by atoms with van der Waals surface area (Å²) in [5, 5.41) is 9.16. The second kappa shape index (κ2) is 5.81. The summed E-state index contributed by atoms with van der Waals surface area (Å²) in [6.45, 7) is 6.81. The molecule has 114 valence electrons. The fourth-order valence-corrected chi connectivity index (χ4v) is 2.16. The van der Waals surface area contributed by atoms with Crippen LogP contribution in [-0.2, 0) is 14.9 Å². The number of nitrogens with zero attached hydrogens (tertiary/aromatic N) is 2. The van der Waals surface area contributed by atoms with E-state index >= 15 is 0 Å². The van der Waals surface area contributed by atoms with Crippen molar-refractivity contribution in [2.75, 3.05) is 19.8 Å². The number of ether oxygens (including phenoxy) is 1. The summed E-state index contributed by atoms with van der Waals surface area (Å²) in [6.07, 6.45) is 1.67. The first-order chi connectivity index (χ1) is 9.80. The molecule has 1 amide bonds. The minimum absolute atomic E-state index is 0.0150. The van der Waals surface area contributed by atoms with Crippen LogP contribution in [0.1, 0.15) is 36.8 Å². The number of amides is 1. The topological polar surface area (TPSA) is 79.7 Å². The second-order valence-electron chi connectivity index (χ2n) is 6.11. The number of rotatable bonds is 2. The van der Waals surface area contributed by atoms with Gasteiger partial charge in [0.05, 0.1) is 13.2 Å². The van der Waals surface area contributed by atoms with Crippen molar-refractivity contribution < 1.29 is 19.4 Å². The Kier molecular flexibility index (Phi) is 4.27. The Labute approximate surface area is 123 Å². The number of aliphatic carboxylic acids is 1. The maximum Gasteiger partial charge on any atom is 0.328 e. The summed E-state index contributed by atoms with van der Waals surface area (Å²) in [5.74, 6) is -1.43. The van der Waals surface area contributed by atoms with E-state index in [1.54, 1.807) is 12.3 Å². The van der Waals surface area contributed by atoms with Gasteiger partial charge in [-0.2, -0.15) is 0 Å². The maximum absolute atomic E-state index is 12.4. The van der Waals surface area contributed by atoms with Gasteiger partial charge in [0.25, 0.3) is 5.91 Å². The van der Waals surface area contributed by atoms with Crippen molar-refractivity contribution in [2.45, 2.75) is 32.2 Å². The standard InChI is InChI=1S/C15H20N2O4/c1-15(2,3)10-4-5-11(16-8-10)13(18)17-6-7-21-9-12(17)14(19)20/h4-5,8,12H,6-7,9H2,1-3H3,(H,19,20). The van der Waals surface area contributed by atoms with Gasteiger partial charge in [-0.15, -0.1) is 0 Å². The highest BCUT2D eigenvalue weighted by Gasteiger charge is 2.33. The van der Waals surface area contributed by atoms with Crippen molar-refractivity contribution in [3.8, 4) is 0 Å². The lowest BCUT2D eigenvalue weighted by molar-refractivity contribution is -0.147. The zero-order valence-corrected chi connectivity index (χ0v) is 12.5. The average Bonchev–Trinajstić information content (AvgIpc) is 2.45. The number of pyridine rings is 1. The molecule has 0 radical (unpaired) electrons. The molecule has 1 aliphatic heterocycles. The molecule has 1 unspecified atom stereocenters. The van der Waals surface area contributed by atoms with Crippen molar-refractivity contribution in [1.82, 2.24) is 9.88 Å². The van der Waals surface area contributed by atoms with Crippen molar-refractivity contribution in [3.05, 3.63) is 29.6 Å². The quantitative estimate of drug-likeness (QED) is 0.889. The first-order valence-corrected chi connectivity index (χ1v) is 6.89. The van der Waals surface area contributed by atoms with Gasteiger partial charge in [-0.3, -0.25) is 9.78 Å². The van der Waals surface area contributed by atoms with E-state index in [4.69, 9.17) is 9.84 Å². The van der Waals surface area contributed by atoms with E-state index in [1.807, 2.05) is 6.07 Å². The normalized spacial score (nSPS) is 19.4. The molecule has 6 heteroatoms. The van der Waals surface area contributed by atoms with Gasteiger partial charge in [-0.05, 0) is 17.0 Å². The molecule has 1 atom stereocenters. The molecule has 0 spiro atoms. The first kappa shape index (κ1) is 15.4. The fourth-order valence-electron chi connectivity index (χ4n) is 2.16. The van der Waals surface area contributed by atoms with E-state index in [9.17, 15) is 9.59 Å². The highest BCUT2D eigenvalue weighted by Crippen LogP contribution is 2.21. The molecular formula is C15H20N2O4. The van der Waals surface area contributed by atoms with Gasteiger partial charge in [-0.1, -0.05) is 26.8 Å². The Hall–Kier alpha value is -1.95. The predicted octanol–water partition coefficient (Wildman–Crippen LogP) is 1.30. The molecule has 1 aromatic rings. The molecule has 0 saturated carbocycles. The molecule has 2 rings (SSSR count). The molecule has 0 bridgehead atoms. The minimum atomic E-state index is -1.06. The fraction of sp³-hybridized carbons (Fsp3) is 0.533. The number of hydrogen-bond donors (Lipinski definition) is 1. The highest BCUT2D eigenvalue weighted by molar-refractivity contribution is 5.95. The van der Waals surface area contributed by atoms with Crippen LogP contribution in [0.5, 0.6) is 0 Å². The molecular weight excluding hydrogens is 272 g/mol. The average molecular weight is 292 g/mol. The molecule has 1 aromatic heterocycles. The summed E-state index contributed by atoms with van der Waals surface area (Å²) in [7, 11) is 0. The van der Waals surface area contributed by atoms with Gasteiger partial charge in [0, 0.05) is 12.7 Å². The van der Waals surface area contributed by atoms with E-state index < -0.39 is 12.0 Å². The molecule has 1 saturated heterocycles. The van der Waals surface area contributed by atoms with Gasteiger partial charge in [0.2, 0.25) is 0 Å². The lowest BCUT2D eigenvalue weighted by Crippen LogP contribution is -2.52. The van der Waals surface area contributed by atoms with Crippen LogP contribution in [0.2, 0.25) is 0 Å². The van der Waals surface area contributed by atoms with Crippen LogP contribution in [0.15, 0.2) is 18.3 Å². The maximum atomic E-state index is 12.4. The second-order valence-corrected chi connectivity index (χ2v) is 6.11. The number of morpholine rings is 1. The van der Waals surface area contributed by atoms with E-state index in [-0.39, 0.29) is 30.2 Å². The molecule has 1 fully saturated rings. The summed E-state index contributed by atoms with van der Waals surface area (Å²) < 4.78 is 5.13. The molecule has 2 heterocycles. The number of carboxylic acid groups (broad SMARTS) is 1. The van der Waals surface area contributed by atoms with Crippen LogP contribution in [0.4, 0.5) is 0 Å². The number of carbonyl (C=O) groups excluding carboxylic acids is 1. The predicted molar refractivity (Wildman–Crippen MR) is 76.2 cm³/mol.